The molecule has 0 aromatic carbocycles. The maximum absolute atomic E-state index is 12.3. The van der Waals surface area contributed by atoms with Gasteiger partial charge >= 0.3 is 29.2 Å². The fourth-order valence-electron chi connectivity index (χ4n) is 3.01. The number of aldehydes is 1. The molecule has 218 valence electrons. The SMILES string of the molecule is Nc1nc(=O)n([C@H]2C[C@H](O)[C@@H](COP(=O)(O)OP(=O)(O)OP(=O)(O)O)O2)cc1C#CCNC(=O)CCCC=O. The second kappa shape index (κ2) is 13.9. The van der Waals surface area contributed by atoms with E-state index in [0.29, 0.717) is 12.7 Å². The summed E-state index contributed by atoms with van der Waals surface area (Å²) in [5.41, 5.74) is 4.89. The molecule has 39 heavy (non-hydrogen) atoms. The van der Waals surface area contributed by atoms with Crippen LogP contribution in [0.5, 0.6) is 0 Å². The fraction of sp³-hybridized carbons (Fsp3) is 0.529. The number of carbonyl (C=O) groups excluding carboxylic acids is 2. The van der Waals surface area contributed by atoms with Crippen LogP contribution in [-0.2, 0) is 41.2 Å². The standard InChI is InChI=1S/C17H25N4O15P3/c18-16-11(4-3-6-19-14(24)5-1-2-7-22)9-21(17(25)20-16)15-8-12(23)13(34-15)10-33-38(29,30)36-39(31,32)35-37(26,27)28/h7,9,12-13,15,23H,1-2,5-6,8,10H2,(H,19,24)(H,29,30)(H,31,32)(H2,18,20,25)(H2,26,27,28)/t12-,13+,15+/m0/s1. The van der Waals surface area contributed by atoms with Crippen LogP contribution in [0.4, 0.5) is 5.82 Å². The maximum Gasteiger partial charge on any atom is 0.490 e. The number of aliphatic hydroxyl groups excluding tert-OH is 1. The molecule has 0 saturated carbocycles. The van der Waals surface area contributed by atoms with Gasteiger partial charge in [0.05, 0.1) is 24.8 Å². The first-order valence-electron chi connectivity index (χ1n) is 10.7. The highest BCUT2D eigenvalue weighted by Crippen LogP contribution is 2.66. The van der Waals surface area contributed by atoms with Gasteiger partial charge in [-0.05, 0) is 6.42 Å². The lowest BCUT2D eigenvalue weighted by atomic mass is 10.2. The smallest absolute Gasteiger partial charge is 0.390 e. The predicted molar refractivity (Wildman–Crippen MR) is 127 cm³/mol. The normalized spacial score (nSPS) is 22.2. The van der Waals surface area contributed by atoms with E-state index in [4.69, 9.17) is 20.3 Å². The molecule has 0 aliphatic carbocycles. The first-order chi connectivity index (χ1) is 18.0. The largest absolute Gasteiger partial charge is 0.490 e. The minimum absolute atomic E-state index is 0.0691. The zero-order chi connectivity index (χ0) is 29.4. The third kappa shape index (κ3) is 11.4. The summed E-state index contributed by atoms with van der Waals surface area (Å²) in [6.45, 7) is -1.00. The van der Waals surface area contributed by atoms with Crippen molar-refractivity contribution in [2.24, 2.45) is 0 Å². The van der Waals surface area contributed by atoms with Gasteiger partial charge in [0.1, 0.15) is 24.4 Å². The molecule has 5 atom stereocenters. The van der Waals surface area contributed by atoms with Crippen molar-refractivity contribution in [1.82, 2.24) is 14.9 Å². The number of nitrogens with zero attached hydrogens (tertiary/aromatic N) is 2. The molecular formula is C17H25N4O15P3. The number of nitrogens with one attached hydrogen (secondary N) is 1. The Morgan fingerprint density at radius 3 is 2.59 bits per heavy atom. The van der Waals surface area contributed by atoms with Crippen molar-refractivity contribution in [2.75, 3.05) is 18.9 Å². The molecule has 0 spiro atoms. The molecule has 2 unspecified atom stereocenters. The van der Waals surface area contributed by atoms with Crippen molar-refractivity contribution in [3.63, 3.8) is 0 Å². The molecule has 1 amide bonds. The lowest BCUT2D eigenvalue weighted by Gasteiger charge is -2.19. The van der Waals surface area contributed by atoms with E-state index in [1.165, 1.54) is 6.20 Å². The molecule has 0 bridgehead atoms. The highest BCUT2D eigenvalue weighted by molar-refractivity contribution is 7.66. The van der Waals surface area contributed by atoms with E-state index in [0.717, 1.165) is 4.57 Å². The highest BCUT2D eigenvalue weighted by atomic mass is 31.3. The molecule has 1 aliphatic rings. The van der Waals surface area contributed by atoms with Crippen LogP contribution in [0.2, 0.25) is 0 Å². The summed E-state index contributed by atoms with van der Waals surface area (Å²) in [7, 11) is -16.8. The first-order valence-corrected chi connectivity index (χ1v) is 15.2. The van der Waals surface area contributed by atoms with E-state index in [-0.39, 0.29) is 43.1 Å². The molecule has 1 aliphatic heterocycles. The number of aliphatic hydroxyl groups is 1. The van der Waals surface area contributed by atoms with E-state index in [1.54, 1.807) is 0 Å². The minimum atomic E-state index is -5.73. The summed E-state index contributed by atoms with van der Waals surface area (Å²) >= 11 is 0. The van der Waals surface area contributed by atoms with Crippen molar-refractivity contribution in [1.29, 1.82) is 0 Å². The van der Waals surface area contributed by atoms with Crippen LogP contribution in [0.3, 0.4) is 0 Å². The van der Waals surface area contributed by atoms with Gasteiger partial charge in [-0.3, -0.25) is 13.9 Å². The second-order valence-electron chi connectivity index (χ2n) is 7.69. The summed E-state index contributed by atoms with van der Waals surface area (Å²) in [4.78, 5) is 73.7. The van der Waals surface area contributed by atoms with Gasteiger partial charge < -0.3 is 45.3 Å². The van der Waals surface area contributed by atoms with Crippen LogP contribution in [-0.4, -0.2) is 71.8 Å². The van der Waals surface area contributed by atoms with Crippen LogP contribution in [0.15, 0.2) is 11.0 Å². The van der Waals surface area contributed by atoms with Gasteiger partial charge in [-0.15, -0.1) is 0 Å². The fourth-order valence-corrected chi connectivity index (χ4v) is 6.04. The molecule has 2 heterocycles. The number of hydrogen-bond donors (Lipinski definition) is 7. The zero-order valence-corrected chi connectivity index (χ0v) is 22.4. The maximum atomic E-state index is 12.3. The van der Waals surface area contributed by atoms with Crippen LogP contribution < -0.4 is 16.7 Å². The average Bonchev–Trinajstić information content (AvgIpc) is 3.14. The molecular weight excluding hydrogens is 593 g/mol. The summed E-state index contributed by atoms with van der Waals surface area (Å²) in [5.74, 6) is 4.68. The summed E-state index contributed by atoms with van der Waals surface area (Å²) < 4.78 is 51.9. The topological polar surface area (TPSA) is 296 Å². The number of ether oxygens (including phenoxy) is 1. The average molecular weight is 618 g/mol. The number of phosphoric ester groups is 1. The number of aromatic nitrogens is 2. The number of unbranched alkanes of at least 4 members (excludes halogenated alkanes) is 1. The van der Waals surface area contributed by atoms with Crippen molar-refractivity contribution in [3.8, 4) is 11.8 Å². The number of anilines is 1. The highest BCUT2D eigenvalue weighted by Gasteiger charge is 2.43. The van der Waals surface area contributed by atoms with E-state index < -0.39 is 54.2 Å². The number of phosphoric acid groups is 3. The number of nitrogen functional groups attached to an aromatic ring is 1. The third-order valence-electron chi connectivity index (χ3n) is 4.64. The van der Waals surface area contributed by atoms with Crippen molar-refractivity contribution in [2.45, 2.75) is 44.1 Å². The Hall–Kier alpha value is -2.29. The molecule has 1 aromatic rings. The summed E-state index contributed by atoms with van der Waals surface area (Å²) in [5, 5.41) is 12.7. The Morgan fingerprint density at radius 1 is 1.26 bits per heavy atom. The molecule has 19 nitrogen and oxygen atoms in total. The van der Waals surface area contributed by atoms with Gasteiger partial charge in [0.15, 0.2) is 0 Å². The summed E-state index contributed by atoms with van der Waals surface area (Å²) in [6.07, 6.45) is -1.56. The summed E-state index contributed by atoms with van der Waals surface area (Å²) in [6, 6.07) is 0. The molecule has 8 N–H and O–H groups in total. The number of rotatable bonds is 13. The van der Waals surface area contributed by atoms with E-state index in [1.807, 2.05) is 0 Å². The van der Waals surface area contributed by atoms with Gasteiger partial charge in [-0.2, -0.15) is 13.6 Å². The number of hydrogen-bond acceptors (Lipinski definition) is 13. The quantitative estimate of drug-likeness (QED) is 0.0582. The predicted octanol–water partition coefficient (Wildman–Crippen LogP) is -1.35. The number of nitrogens with two attached hydrogens (primary N) is 1. The zero-order valence-electron chi connectivity index (χ0n) is 19.8. The van der Waals surface area contributed by atoms with Crippen LogP contribution in [0, 0.1) is 11.8 Å². The van der Waals surface area contributed by atoms with Gasteiger partial charge in [-0.1, -0.05) is 11.8 Å². The van der Waals surface area contributed by atoms with Crippen LogP contribution in [0.1, 0.15) is 37.5 Å². The Bertz CT molecular complexity index is 1320. The van der Waals surface area contributed by atoms with Crippen molar-refractivity contribution >= 4 is 41.5 Å². The van der Waals surface area contributed by atoms with Gasteiger partial charge in [-0.25, -0.2) is 18.5 Å². The molecule has 1 fully saturated rings. The second-order valence-corrected chi connectivity index (χ2v) is 12.1. The number of amides is 1. The Kier molecular flexibility index (Phi) is 11.7. The lowest BCUT2D eigenvalue weighted by Crippen LogP contribution is -2.29. The third-order valence-corrected chi connectivity index (χ3v) is 8.44. The van der Waals surface area contributed by atoms with Crippen LogP contribution in [0.25, 0.3) is 0 Å². The van der Waals surface area contributed by atoms with Crippen LogP contribution >= 0.6 is 23.5 Å². The molecule has 1 aromatic heterocycles. The Labute approximate surface area is 219 Å². The van der Waals surface area contributed by atoms with Gasteiger partial charge in [0, 0.05) is 25.5 Å². The molecule has 0 radical (unpaired) electrons. The molecule has 1 saturated heterocycles. The minimum Gasteiger partial charge on any atom is -0.390 e. The molecule has 2 rings (SSSR count). The molecule has 22 heteroatoms. The van der Waals surface area contributed by atoms with E-state index >= 15 is 0 Å². The van der Waals surface area contributed by atoms with Gasteiger partial charge in [0.2, 0.25) is 5.91 Å². The monoisotopic (exact) mass is 618 g/mol. The van der Waals surface area contributed by atoms with E-state index in [2.05, 4.69) is 35.3 Å². The Morgan fingerprint density at radius 2 is 1.95 bits per heavy atom. The van der Waals surface area contributed by atoms with E-state index in [9.17, 15) is 43.0 Å². The Balaban J connectivity index is 2.03. The van der Waals surface area contributed by atoms with Crippen molar-refractivity contribution in [3.05, 3.63) is 22.2 Å². The van der Waals surface area contributed by atoms with Crippen molar-refractivity contribution < 1.29 is 65.8 Å². The first kappa shape index (κ1) is 32.9. The van der Waals surface area contributed by atoms with Gasteiger partial charge in [0.25, 0.3) is 0 Å². The lowest BCUT2D eigenvalue weighted by molar-refractivity contribution is -0.121. The number of carbonyl (C=O) groups is 2.